The van der Waals surface area contributed by atoms with Crippen LogP contribution in [0.3, 0.4) is 0 Å². The topological polar surface area (TPSA) is 69.4 Å². The standard InChI is InChI=1S/C23H20Cl2N4O3/c1-13-9-28(12-26-13)18-2-3-19-21(30)27(4-5-29(19)22(18)31)11-23-8-14(23)10-32-20-16(23)6-15(24)7-17(20)25/h2-3,6-7,9,12,14H,4-5,8,10-11H2,1H3/t14?,23-/m0/s1. The molecule has 0 saturated heterocycles. The fourth-order valence-corrected chi connectivity index (χ4v) is 5.72. The highest BCUT2D eigenvalue weighted by Gasteiger charge is 2.60. The van der Waals surface area contributed by atoms with Gasteiger partial charge in [0.25, 0.3) is 11.5 Å². The second-order valence-corrected chi connectivity index (χ2v) is 9.69. The van der Waals surface area contributed by atoms with Crippen molar-refractivity contribution in [2.75, 3.05) is 19.7 Å². The molecule has 3 aliphatic rings. The monoisotopic (exact) mass is 470 g/mol. The summed E-state index contributed by atoms with van der Waals surface area (Å²) in [6.07, 6.45) is 4.33. The first-order chi connectivity index (χ1) is 15.4. The molecule has 0 N–H and O–H groups in total. The summed E-state index contributed by atoms with van der Waals surface area (Å²) >= 11 is 12.7. The molecule has 1 aliphatic carbocycles. The first kappa shape index (κ1) is 19.9. The third kappa shape index (κ3) is 2.84. The van der Waals surface area contributed by atoms with E-state index >= 15 is 0 Å². The van der Waals surface area contributed by atoms with Gasteiger partial charge in [0.05, 0.1) is 23.7 Å². The highest BCUT2D eigenvalue weighted by atomic mass is 35.5. The largest absolute Gasteiger partial charge is 0.491 e. The van der Waals surface area contributed by atoms with Crippen LogP contribution in [0.25, 0.3) is 5.69 Å². The Kier molecular flexibility index (Phi) is 4.26. The van der Waals surface area contributed by atoms with E-state index in [1.807, 2.05) is 17.9 Å². The van der Waals surface area contributed by atoms with E-state index in [1.54, 1.807) is 39.9 Å². The fourth-order valence-electron chi connectivity index (χ4n) is 5.17. The van der Waals surface area contributed by atoms with Crippen LogP contribution in [0, 0.1) is 12.8 Å². The van der Waals surface area contributed by atoms with E-state index in [9.17, 15) is 9.59 Å². The third-order valence-corrected chi connectivity index (χ3v) is 7.42. The summed E-state index contributed by atoms with van der Waals surface area (Å²) in [6, 6.07) is 7.02. The third-order valence-electron chi connectivity index (χ3n) is 6.92. The Morgan fingerprint density at radius 1 is 1.22 bits per heavy atom. The molecule has 0 spiro atoms. The molecule has 0 bridgehead atoms. The number of amides is 1. The Balaban J connectivity index is 1.33. The minimum Gasteiger partial charge on any atom is -0.491 e. The predicted octanol–water partition coefficient (Wildman–Crippen LogP) is 3.46. The number of benzene rings is 1. The maximum atomic E-state index is 13.4. The minimum atomic E-state index is -0.200. The van der Waals surface area contributed by atoms with E-state index in [1.165, 1.54) is 0 Å². The van der Waals surface area contributed by atoms with Crippen LogP contribution in [-0.4, -0.2) is 44.6 Å². The average molecular weight is 471 g/mol. The number of hydrogen-bond donors (Lipinski definition) is 0. The van der Waals surface area contributed by atoms with Crippen molar-refractivity contribution in [1.82, 2.24) is 19.0 Å². The van der Waals surface area contributed by atoms with Crippen LogP contribution in [0.15, 0.2) is 41.6 Å². The van der Waals surface area contributed by atoms with Gasteiger partial charge in [-0.2, -0.15) is 0 Å². The van der Waals surface area contributed by atoms with Crippen LogP contribution in [0.4, 0.5) is 0 Å². The van der Waals surface area contributed by atoms with Gasteiger partial charge in [0, 0.05) is 47.8 Å². The summed E-state index contributed by atoms with van der Waals surface area (Å²) in [5, 5.41) is 1.06. The molecule has 32 heavy (non-hydrogen) atoms. The number of carbonyl (C=O) groups excluding carboxylic acids is 1. The molecule has 2 aromatic heterocycles. The smallest absolute Gasteiger partial charge is 0.275 e. The Morgan fingerprint density at radius 3 is 2.84 bits per heavy atom. The van der Waals surface area contributed by atoms with Crippen LogP contribution >= 0.6 is 23.2 Å². The van der Waals surface area contributed by atoms with Crippen molar-refractivity contribution in [3.8, 4) is 11.4 Å². The molecule has 2 aliphatic heterocycles. The van der Waals surface area contributed by atoms with Gasteiger partial charge in [0.2, 0.25) is 0 Å². The molecule has 9 heteroatoms. The van der Waals surface area contributed by atoms with Crippen LogP contribution in [0.1, 0.15) is 28.2 Å². The number of fused-ring (bicyclic) bond motifs is 4. The number of aromatic nitrogens is 3. The fraction of sp³-hybridized carbons (Fsp3) is 0.348. The number of pyridine rings is 1. The van der Waals surface area contributed by atoms with Gasteiger partial charge < -0.3 is 18.8 Å². The van der Waals surface area contributed by atoms with Crippen molar-refractivity contribution >= 4 is 29.1 Å². The lowest BCUT2D eigenvalue weighted by atomic mass is 9.89. The number of ether oxygens (including phenoxy) is 1. The van der Waals surface area contributed by atoms with E-state index in [4.69, 9.17) is 27.9 Å². The number of aryl methyl sites for hydroxylation is 1. The minimum absolute atomic E-state index is 0.136. The second-order valence-electron chi connectivity index (χ2n) is 8.84. The van der Waals surface area contributed by atoms with Crippen molar-refractivity contribution in [2.45, 2.75) is 25.3 Å². The highest BCUT2D eigenvalue weighted by molar-refractivity contribution is 6.35. The van der Waals surface area contributed by atoms with Gasteiger partial charge in [-0.05, 0) is 37.6 Å². The lowest BCUT2D eigenvalue weighted by Crippen LogP contribution is -2.48. The molecule has 1 amide bonds. The predicted molar refractivity (Wildman–Crippen MR) is 120 cm³/mol. The average Bonchev–Trinajstić information content (AvgIpc) is 3.33. The Labute approximate surface area is 194 Å². The first-order valence-electron chi connectivity index (χ1n) is 10.5. The van der Waals surface area contributed by atoms with E-state index in [0.717, 1.165) is 17.7 Å². The van der Waals surface area contributed by atoms with Crippen molar-refractivity contribution in [3.63, 3.8) is 0 Å². The van der Waals surface area contributed by atoms with Gasteiger partial charge in [-0.25, -0.2) is 4.98 Å². The molecule has 4 heterocycles. The number of nitrogens with zero attached hydrogens (tertiary/aromatic N) is 4. The van der Waals surface area contributed by atoms with E-state index in [-0.39, 0.29) is 16.9 Å². The first-order valence-corrected chi connectivity index (χ1v) is 11.3. The van der Waals surface area contributed by atoms with Crippen LogP contribution in [0.2, 0.25) is 10.0 Å². The summed E-state index contributed by atoms with van der Waals surface area (Å²) in [6.45, 7) is 3.92. The Morgan fingerprint density at radius 2 is 2.06 bits per heavy atom. The lowest BCUT2D eigenvalue weighted by molar-refractivity contribution is 0.0670. The molecule has 3 aromatic rings. The van der Waals surface area contributed by atoms with E-state index in [2.05, 4.69) is 4.98 Å². The summed E-state index contributed by atoms with van der Waals surface area (Å²) in [7, 11) is 0. The Hall–Kier alpha value is -2.77. The van der Waals surface area contributed by atoms with Crippen molar-refractivity contribution in [2.24, 2.45) is 5.92 Å². The molecule has 1 fully saturated rings. The zero-order valence-corrected chi connectivity index (χ0v) is 18.9. The van der Waals surface area contributed by atoms with Gasteiger partial charge in [-0.1, -0.05) is 23.2 Å². The molecular formula is C23H20Cl2N4O3. The maximum absolute atomic E-state index is 13.4. The van der Waals surface area contributed by atoms with E-state index in [0.29, 0.717) is 59.3 Å². The van der Waals surface area contributed by atoms with Crippen LogP contribution in [-0.2, 0) is 12.0 Å². The summed E-state index contributed by atoms with van der Waals surface area (Å²) < 4.78 is 9.15. The number of rotatable bonds is 3. The zero-order valence-electron chi connectivity index (χ0n) is 17.3. The number of imidazole rings is 1. The lowest BCUT2D eigenvalue weighted by Gasteiger charge is -2.35. The zero-order chi connectivity index (χ0) is 22.2. The Bertz CT molecular complexity index is 1350. The molecule has 1 aromatic carbocycles. The number of hydrogen-bond acceptors (Lipinski definition) is 4. The summed E-state index contributed by atoms with van der Waals surface area (Å²) in [4.78, 5) is 32.5. The number of halogens is 2. The normalized spacial score (nSPS) is 23.3. The van der Waals surface area contributed by atoms with Crippen LogP contribution in [0.5, 0.6) is 5.75 Å². The SMILES string of the molecule is Cc1cn(-c2ccc3n(c2=O)CCN(C[C@@]24CC2COc2c(Cl)cc(Cl)cc24)C3=O)cn1. The molecule has 6 rings (SSSR count). The van der Waals surface area contributed by atoms with Crippen molar-refractivity contribution in [1.29, 1.82) is 0 Å². The second kappa shape index (κ2) is 6.86. The van der Waals surface area contributed by atoms with Gasteiger partial charge in [0.1, 0.15) is 17.1 Å². The maximum Gasteiger partial charge on any atom is 0.275 e. The molecule has 1 saturated carbocycles. The molecule has 7 nitrogen and oxygen atoms in total. The van der Waals surface area contributed by atoms with Crippen LogP contribution < -0.4 is 10.3 Å². The molecule has 1 unspecified atom stereocenters. The van der Waals surface area contributed by atoms with Gasteiger partial charge in [-0.15, -0.1) is 0 Å². The molecule has 164 valence electrons. The van der Waals surface area contributed by atoms with Gasteiger partial charge >= 0.3 is 0 Å². The van der Waals surface area contributed by atoms with Gasteiger partial charge in [-0.3, -0.25) is 9.59 Å². The van der Waals surface area contributed by atoms with Crippen molar-refractivity contribution in [3.05, 3.63) is 74.1 Å². The van der Waals surface area contributed by atoms with E-state index < -0.39 is 0 Å². The highest BCUT2D eigenvalue weighted by Crippen LogP contribution is 2.61. The number of carbonyl (C=O) groups is 1. The molecule has 2 atom stereocenters. The quantitative estimate of drug-likeness (QED) is 0.587. The molecular weight excluding hydrogens is 451 g/mol. The van der Waals surface area contributed by atoms with Crippen molar-refractivity contribution < 1.29 is 9.53 Å². The molecule has 0 radical (unpaired) electrons. The summed E-state index contributed by atoms with van der Waals surface area (Å²) in [5.74, 6) is 0.863. The van der Waals surface area contributed by atoms with Gasteiger partial charge in [0.15, 0.2) is 0 Å². The summed E-state index contributed by atoms with van der Waals surface area (Å²) in [5.41, 5.74) is 2.31.